The topological polar surface area (TPSA) is 56.1 Å². The van der Waals surface area contributed by atoms with Crippen molar-refractivity contribution in [1.82, 2.24) is 15.1 Å². The highest BCUT2D eigenvalue weighted by Gasteiger charge is 2.07. The van der Waals surface area contributed by atoms with Crippen molar-refractivity contribution in [3.05, 3.63) is 77.1 Å². The van der Waals surface area contributed by atoms with E-state index in [1.165, 1.54) is 0 Å². The van der Waals surface area contributed by atoms with Crippen LogP contribution in [0.1, 0.15) is 28.9 Å². The third-order valence-corrected chi connectivity index (χ3v) is 4.50. The van der Waals surface area contributed by atoms with Gasteiger partial charge in [-0.2, -0.15) is 5.10 Å². The van der Waals surface area contributed by atoms with Gasteiger partial charge in [0.2, 0.25) is 5.91 Å². The summed E-state index contributed by atoms with van der Waals surface area (Å²) in [5, 5.41) is 7.45. The Morgan fingerprint density at radius 1 is 1.11 bits per heavy atom. The number of methoxy groups -OCH3 is 1. The van der Waals surface area contributed by atoms with Crippen molar-refractivity contribution < 1.29 is 9.53 Å². The number of aromatic nitrogens is 2. The Morgan fingerprint density at radius 2 is 1.85 bits per heavy atom. The fourth-order valence-corrected chi connectivity index (χ4v) is 3.08. The van der Waals surface area contributed by atoms with E-state index in [2.05, 4.69) is 28.6 Å². The molecule has 0 unspecified atom stereocenters. The van der Waals surface area contributed by atoms with Gasteiger partial charge in [0.25, 0.3) is 0 Å². The van der Waals surface area contributed by atoms with E-state index in [1.807, 2.05) is 54.9 Å². The van der Waals surface area contributed by atoms with E-state index in [9.17, 15) is 4.79 Å². The number of carbonyl (C=O) groups excluding carboxylic acids is 1. The van der Waals surface area contributed by atoms with Gasteiger partial charge >= 0.3 is 0 Å². The summed E-state index contributed by atoms with van der Waals surface area (Å²) >= 11 is 0. The molecule has 0 aliphatic rings. The smallest absolute Gasteiger partial charge is 0.220 e. The molecule has 5 heteroatoms. The fraction of sp³-hybridized carbons (Fsp3) is 0.273. The summed E-state index contributed by atoms with van der Waals surface area (Å²) in [5.41, 5.74) is 5.25. The summed E-state index contributed by atoms with van der Waals surface area (Å²) in [5.74, 6) is 0.820. The van der Waals surface area contributed by atoms with E-state index in [4.69, 9.17) is 4.74 Å². The Bertz CT molecular complexity index is 914. The summed E-state index contributed by atoms with van der Waals surface area (Å²) in [6.45, 7) is 4.50. The number of ether oxygens (including phenoxy) is 1. The van der Waals surface area contributed by atoms with Crippen LogP contribution in [0.4, 0.5) is 0 Å². The Hall–Kier alpha value is -3.08. The summed E-state index contributed by atoms with van der Waals surface area (Å²) in [7, 11) is 1.64. The molecule has 2 aromatic carbocycles. The average Bonchev–Trinajstić information content (AvgIpc) is 3.03. The molecule has 0 saturated carbocycles. The van der Waals surface area contributed by atoms with Crippen LogP contribution in [0, 0.1) is 13.8 Å². The van der Waals surface area contributed by atoms with E-state index in [1.54, 1.807) is 7.11 Å². The van der Waals surface area contributed by atoms with Gasteiger partial charge in [0.05, 0.1) is 18.5 Å². The third-order valence-electron chi connectivity index (χ3n) is 4.50. The van der Waals surface area contributed by atoms with Gasteiger partial charge in [-0.15, -0.1) is 0 Å². The normalized spacial score (nSPS) is 10.6. The molecule has 0 aliphatic carbocycles. The predicted octanol–water partition coefficient (Wildman–Crippen LogP) is 3.75. The molecule has 3 aromatic rings. The van der Waals surface area contributed by atoms with Crippen LogP contribution < -0.4 is 10.1 Å². The maximum atomic E-state index is 12.2. The molecule has 5 nitrogen and oxygen atoms in total. The molecule has 0 radical (unpaired) electrons. The molecule has 140 valence electrons. The lowest BCUT2D eigenvalue weighted by atomic mass is 10.1. The Labute approximate surface area is 160 Å². The second kappa shape index (κ2) is 8.54. The SMILES string of the molecule is COc1ccccc1CNC(=O)CCc1ccc(-n2nc(C)cc2C)cc1. The first-order chi connectivity index (χ1) is 13.1. The van der Waals surface area contributed by atoms with Crippen molar-refractivity contribution in [2.24, 2.45) is 0 Å². The van der Waals surface area contributed by atoms with Gasteiger partial charge < -0.3 is 10.1 Å². The van der Waals surface area contributed by atoms with Gasteiger partial charge in [0.15, 0.2) is 0 Å². The minimum atomic E-state index is 0.0310. The number of para-hydroxylation sites is 1. The molecule has 0 spiro atoms. The first-order valence-electron chi connectivity index (χ1n) is 9.08. The number of hydrogen-bond acceptors (Lipinski definition) is 3. The number of carbonyl (C=O) groups is 1. The third kappa shape index (κ3) is 4.76. The number of nitrogens with one attached hydrogen (secondary N) is 1. The van der Waals surface area contributed by atoms with Gasteiger partial charge in [0.1, 0.15) is 5.75 Å². The first-order valence-corrected chi connectivity index (χ1v) is 9.08. The summed E-state index contributed by atoms with van der Waals surface area (Å²) in [4.78, 5) is 12.2. The van der Waals surface area contributed by atoms with Crippen molar-refractivity contribution in [2.75, 3.05) is 7.11 Å². The zero-order valence-electron chi connectivity index (χ0n) is 16.0. The molecule has 0 bridgehead atoms. The predicted molar refractivity (Wildman–Crippen MR) is 106 cm³/mol. The van der Waals surface area contributed by atoms with Gasteiger partial charge in [0, 0.05) is 24.2 Å². The molecular weight excluding hydrogens is 338 g/mol. The van der Waals surface area contributed by atoms with Gasteiger partial charge in [-0.3, -0.25) is 4.79 Å². The quantitative estimate of drug-likeness (QED) is 0.696. The molecule has 1 heterocycles. The Kier molecular flexibility index (Phi) is 5.91. The van der Waals surface area contributed by atoms with Crippen molar-refractivity contribution >= 4 is 5.91 Å². The van der Waals surface area contributed by atoms with Crippen LogP contribution in [0.2, 0.25) is 0 Å². The number of nitrogens with zero attached hydrogens (tertiary/aromatic N) is 2. The van der Waals surface area contributed by atoms with Crippen LogP contribution in [0.3, 0.4) is 0 Å². The van der Waals surface area contributed by atoms with Gasteiger partial charge in [-0.1, -0.05) is 30.3 Å². The number of benzene rings is 2. The zero-order valence-corrected chi connectivity index (χ0v) is 16.0. The van der Waals surface area contributed by atoms with Crippen molar-refractivity contribution in [1.29, 1.82) is 0 Å². The molecule has 0 aliphatic heterocycles. The van der Waals surface area contributed by atoms with Crippen LogP contribution in [0.25, 0.3) is 5.69 Å². The average molecular weight is 363 g/mol. The number of aryl methyl sites for hydroxylation is 3. The lowest BCUT2D eigenvalue weighted by Gasteiger charge is -2.10. The molecule has 3 rings (SSSR count). The monoisotopic (exact) mass is 363 g/mol. The Morgan fingerprint density at radius 3 is 2.52 bits per heavy atom. The molecule has 0 atom stereocenters. The van der Waals surface area contributed by atoms with Crippen LogP contribution in [-0.2, 0) is 17.8 Å². The zero-order chi connectivity index (χ0) is 19.2. The largest absolute Gasteiger partial charge is 0.496 e. The van der Waals surface area contributed by atoms with E-state index in [-0.39, 0.29) is 5.91 Å². The highest BCUT2D eigenvalue weighted by molar-refractivity contribution is 5.76. The Balaban J connectivity index is 1.52. The van der Waals surface area contributed by atoms with Crippen molar-refractivity contribution in [3.63, 3.8) is 0 Å². The van der Waals surface area contributed by atoms with Crippen molar-refractivity contribution in [2.45, 2.75) is 33.2 Å². The van der Waals surface area contributed by atoms with E-state index >= 15 is 0 Å². The van der Waals surface area contributed by atoms with E-state index in [0.717, 1.165) is 34.0 Å². The molecular formula is C22H25N3O2. The molecule has 1 N–H and O–H groups in total. The highest BCUT2D eigenvalue weighted by Crippen LogP contribution is 2.17. The molecule has 27 heavy (non-hydrogen) atoms. The highest BCUT2D eigenvalue weighted by atomic mass is 16.5. The standard InChI is InChI=1S/C22H25N3O2/c1-16-14-17(2)25(24-16)20-11-8-18(9-12-20)10-13-22(26)23-15-19-6-4-5-7-21(19)27-3/h4-9,11-12,14H,10,13,15H2,1-3H3,(H,23,26). The van der Waals surface area contributed by atoms with Crippen molar-refractivity contribution in [3.8, 4) is 11.4 Å². The number of amides is 1. The van der Waals surface area contributed by atoms with Crippen LogP contribution in [-0.4, -0.2) is 22.8 Å². The second-order valence-electron chi connectivity index (χ2n) is 6.59. The van der Waals surface area contributed by atoms with E-state index < -0.39 is 0 Å². The van der Waals surface area contributed by atoms with Crippen LogP contribution >= 0.6 is 0 Å². The molecule has 0 saturated heterocycles. The second-order valence-corrected chi connectivity index (χ2v) is 6.59. The molecule has 1 aromatic heterocycles. The van der Waals surface area contributed by atoms with Gasteiger partial charge in [-0.05, 0) is 50.1 Å². The minimum absolute atomic E-state index is 0.0310. The number of hydrogen-bond donors (Lipinski definition) is 1. The van der Waals surface area contributed by atoms with Gasteiger partial charge in [-0.25, -0.2) is 4.68 Å². The maximum Gasteiger partial charge on any atom is 0.220 e. The maximum absolute atomic E-state index is 12.2. The molecule has 0 fully saturated rings. The fourth-order valence-electron chi connectivity index (χ4n) is 3.08. The lowest BCUT2D eigenvalue weighted by molar-refractivity contribution is -0.121. The van der Waals surface area contributed by atoms with E-state index in [0.29, 0.717) is 19.4 Å². The van der Waals surface area contributed by atoms with Crippen LogP contribution in [0.15, 0.2) is 54.6 Å². The summed E-state index contributed by atoms with van der Waals surface area (Å²) in [6.07, 6.45) is 1.16. The minimum Gasteiger partial charge on any atom is -0.496 e. The summed E-state index contributed by atoms with van der Waals surface area (Å²) < 4.78 is 7.24. The lowest BCUT2D eigenvalue weighted by Crippen LogP contribution is -2.23. The molecule has 1 amide bonds. The summed E-state index contributed by atoms with van der Waals surface area (Å²) in [6, 6.07) is 18.0. The van der Waals surface area contributed by atoms with Crippen LogP contribution in [0.5, 0.6) is 5.75 Å². The number of rotatable bonds is 7. The first kappa shape index (κ1) is 18.7.